The van der Waals surface area contributed by atoms with Crippen LogP contribution in [0.3, 0.4) is 0 Å². The van der Waals surface area contributed by atoms with E-state index in [2.05, 4.69) is 35.6 Å². The quantitative estimate of drug-likeness (QED) is 0.893. The molecule has 2 N–H and O–H groups in total. The van der Waals surface area contributed by atoms with E-state index < -0.39 is 0 Å². The molecule has 1 aliphatic rings. The van der Waals surface area contributed by atoms with Crippen LogP contribution in [-0.4, -0.2) is 30.1 Å². The summed E-state index contributed by atoms with van der Waals surface area (Å²) in [6, 6.07) is 3.28. The fourth-order valence-electron chi connectivity index (χ4n) is 2.79. The first kappa shape index (κ1) is 13.1. The molecular formula is C14H24N2S. The van der Waals surface area contributed by atoms with Crippen LogP contribution in [-0.2, 0) is 6.42 Å². The van der Waals surface area contributed by atoms with E-state index in [0.29, 0.717) is 12.1 Å². The minimum Gasteiger partial charge on any atom is -0.327 e. The van der Waals surface area contributed by atoms with E-state index in [4.69, 9.17) is 5.73 Å². The monoisotopic (exact) mass is 252 g/mol. The average Bonchev–Trinajstić information content (AvgIpc) is 2.80. The normalized spacial score (nSPS) is 28.2. The fourth-order valence-corrected chi connectivity index (χ4v) is 3.47. The highest BCUT2D eigenvalue weighted by Gasteiger charge is 2.27. The molecule has 3 atom stereocenters. The molecule has 0 aliphatic carbocycles. The minimum atomic E-state index is 0.362. The Balaban J connectivity index is 1.94. The van der Waals surface area contributed by atoms with Gasteiger partial charge in [0.05, 0.1) is 0 Å². The molecule has 2 rings (SSSR count). The van der Waals surface area contributed by atoms with Gasteiger partial charge in [-0.25, -0.2) is 0 Å². The zero-order valence-corrected chi connectivity index (χ0v) is 11.7. The predicted octanol–water partition coefficient (Wildman–Crippen LogP) is 2.74. The van der Waals surface area contributed by atoms with Crippen LogP contribution in [0.4, 0.5) is 0 Å². The van der Waals surface area contributed by atoms with Crippen molar-refractivity contribution >= 4 is 11.3 Å². The van der Waals surface area contributed by atoms with Gasteiger partial charge in [-0.05, 0) is 54.5 Å². The van der Waals surface area contributed by atoms with Gasteiger partial charge in [-0.15, -0.1) is 0 Å². The van der Waals surface area contributed by atoms with Crippen LogP contribution in [0.15, 0.2) is 16.8 Å². The van der Waals surface area contributed by atoms with Crippen molar-refractivity contribution in [3.8, 4) is 0 Å². The predicted molar refractivity (Wildman–Crippen MR) is 75.4 cm³/mol. The largest absolute Gasteiger partial charge is 0.327 e. The van der Waals surface area contributed by atoms with E-state index in [-0.39, 0.29) is 0 Å². The van der Waals surface area contributed by atoms with Crippen LogP contribution >= 0.6 is 11.3 Å². The molecule has 17 heavy (non-hydrogen) atoms. The van der Waals surface area contributed by atoms with Crippen LogP contribution in [0.2, 0.25) is 0 Å². The SMILES string of the molecule is CCC(C)N1CC(N)CC(Cc2ccsc2)C1. The number of likely N-dealkylation sites (tertiary alicyclic amines) is 1. The summed E-state index contributed by atoms with van der Waals surface area (Å²) in [5, 5.41) is 4.44. The Morgan fingerprint density at radius 1 is 1.53 bits per heavy atom. The second-order valence-corrected chi connectivity index (χ2v) is 6.19. The van der Waals surface area contributed by atoms with Crippen LogP contribution in [0.5, 0.6) is 0 Å². The number of nitrogens with two attached hydrogens (primary N) is 1. The molecule has 0 aromatic carbocycles. The third-order valence-corrected chi connectivity index (χ3v) is 4.65. The maximum Gasteiger partial charge on any atom is 0.0171 e. The summed E-state index contributed by atoms with van der Waals surface area (Å²) in [5.74, 6) is 0.738. The van der Waals surface area contributed by atoms with Gasteiger partial charge in [-0.2, -0.15) is 11.3 Å². The van der Waals surface area contributed by atoms with Crippen molar-refractivity contribution < 1.29 is 0 Å². The first-order chi connectivity index (χ1) is 8.19. The molecule has 1 fully saturated rings. The molecule has 1 saturated heterocycles. The van der Waals surface area contributed by atoms with Crippen LogP contribution in [0, 0.1) is 5.92 Å². The summed E-state index contributed by atoms with van der Waals surface area (Å²) in [4.78, 5) is 2.57. The van der Waals surface area contributed by atoms with Gasteiger partial charge in [-0.3, -0.25) is 4.90 Å². The molecule has 0 spiro atoms. The molecule has 2 heterocycles. The van der Waals surface area contributed by atoms with Crippen molar-refractivity contribution in [1.29, 1.82) is 0 Å². The summed E-state index contributed by atoms with van der Waals surface area (Å²) >= 11 is 1.80. The maximum atomic E-state index is 6.20. The summed E-state index contributed by atoms with van der Waals surface area (Å²) in [7, 11) is 0. The standard InChI is InChI=1S/C14H24N2S/c1-3-11(2)16-8-13(7-14(15)9-16)6-12-4-5-17-10-12/h4-5,10-11,13-14H,3,6-9,15H2,1-2H3. The lowest BCUT2D eigenvalue weighted by molar-refractivity contribution is 0.114. The molecule has 96 valence electrons. The lowest BCUT2D eigenvalue weighted by atomic mass is 9.89. The second-order valence-electron chi connectivity index (χ2n) is 5.41. The molecule has 1 aliphatic heterocycles. The third-order valence-electron chi connectivity index (χ3n) is 3.92. The summed E-state index contributed by atoms with van der Waals surface area (Å²) in [6.07, 6.45) is 3.60. The highest BCUT2D eigenvalue weighted by atomic mass is 32.1. The smallest absolute Gasteiger partial charge is 0.0171 e. The van der Waals surface area contributed by atoms with E-state index in [0.717, 1.165) is 12.5 Å². The molecule has 0 saturated carbocycles. The number of hydrogen-bond donors (Lipinski definition) is 1. The van der Waals surface area contributed by atoms with E-state index in [1.165, 1.54) is 31.4 Å². The molecular weight excluding hydrogens is 228 g/mol. The average molecular weight is 252 g/mol. The Morgan fingerprint density at radius 3 is 3.00 bits per heavy atom. The van der Waals surface area contributed by atoms with E-state index in [1.807, 2.05) is 0 Å². The molecule has 1 aromatic rings. The summed E-state index contributed by atoms with van der Waals surface area (Å²) in [5.41, 5.74) is 7.68. The Labute approximate surface area is 109 Å². The zero-order chi connectivity index (χ0) is 12.3. The zero-order valence-electron chi connectivity index (χ0n) is 10.9. The Bertz CT molecular complexity index is 323. The maximum absolute atomic E-state index is 6.20. The van der Waals surface area contributed by atoms with Crippen LogP contribution in [0.1, 0.15) is 32.3 Å². The van der Waals surface area contributed by atoms with Gasteiger partial charge in [0.2, 0.25) is 0 Å². The van der Waals surface area contributed by atoms with Crippen LogP contribution < -0.4 is 5.73 Å². The molecule has 3 unspecified atom stereocenters. The Kier molecular flexibility index (Phi) is 4.60. The number of rotatable bonds is 4. The first-order valence-corrected chi connectivity index (χ1v) is 7.64. The fraction of sp³-hybridized carbons (Fsp3) is 0.714. The third kappa shape index (κ3) is 3.54. The van der Waals surface area contributed by atoms with Crippen molar-refractivity contribution in [2.75, 3.05) is 13.1 Å². The van der Waals surface area contributed by atoms with E-state index >= 15 is 0 Å². The first-order valence-electron chi connectivity index (χ1n) is 6.69. The Hall–Kier alpha value is -0.380. The number of piperidine rings is 1. The minimum absolute atomic E-state index is 0.362. The van der Waals surface area contributed by atoms with Crippen molar-refractivity contribution in [3.63, 3.8) is 0 Å². The van der Waals surface area contributed by atoms with Crippen molar-refractivity contribution in [2.45, 2.75) is 45.2 Å². The van der Waals surface area contributed by atoms with Gasteiger partial charge in [0, 0.05) is 25.2 Å². The summed E-state index contributed by atoms with van der Waals surface area (Å²) < 4.78 is 0. The van der Waals surface area contributed by atoms with Crippen molar-refractivity contribution in [3.05, 3.63) is 22.4 Å². The topological polar surface area (TPSA) is 29.3 Å². The van der Waals surface area contributed by atoms with Crippen molar-refractivity contribution in [1.82, 2.24) is 4.90 Å². The lowest BCUT2D eigenvalue weighted by Gasteiger charge is -2.39. The molecule has 3 heteroatoms. The summed E-state index contributed by atoms with van der Waals surface area (Å²) in [6.45, 7) is 6.88. The van der Waals surface area contributed by atoms with Crippen LogP contribution in [0.25, 0.3) is 0 Å². The number of hydrogen-bond acceptors (Lipinski definition) is 3. The van der Waals surface area contributed by atoms with Crippen molar-refractivity contribution in [2.24, 2.45) is 11.7 Å². The molecule has 2 nitrogen and oxygen atoms in total. The molecule has 0 amide bonds. The Morgan fingerprint density at radius 2 is 2.35 bits per heavy atom. The highest BCUT2D eigenvalue weighted by Crippen LogP contribution is 2.23. The van der Waals surface area contributed by atoms with Gasteiger partial charge in [0.25, 0.3) is 0 Å². The van der Waals surface area contributed by atoms with Gasteiger partial charge >= 0.3 is 0 Å². The van der Waals surface area contributed by atoms with Gasteiger partial charge in [-0.1, -0.05) is 6.92 Å². The number of thiophene rings is 1. The second kappa shape index (κ2) is 5.98. The van der Waals surface area contributed by atoms with Gasteiger partial charge < -0.3 is 5.73 Å². The van der Waals surface area contributed by atoms with Gasteiger partial charge in [0.1, 0.15) is 0 Å². The number of nitrogens with zero attached hydrogens (tertiary/aromatic N) is 1. The molecule has 1 aromatic heterocycles. The van der Waals surface area contributed by atoms with Gasteiger partial charge in [0.15, 0.2) is 0 Å². The molecule has 0 radical (unpaired) electrons. The highest BCUT2D eigenvalue weighted by molar-refractivity contribution is 7.07. The van der Waals surface area contributed by atoms with E-state index in [9.17, 15) is 0 Å². The van der Waals surface area contributed by atoms with E-state index in [1.54, 1.807) is 11.3 Å². The molecule has 0 bridgehead atoms. The lowest BCUT2D eigenvalue weighted by Crippen LogP contribution is -2.50.